The molecule has 1 fully saturated rings. The first-order chi connectivity index (χ1) is 12.3. The van der Waals surface area contributed by atoms with Crippen molar-refractivity contribution in [2.75, 3.05) is 6.54 Å². The van der Waals surface area contributed by atoms with Gasteiger partial charge in [0.1, 0.15) is 12.2 Å². The number of benzene rings is 1. The van der Waals surface area contributed by atoms with Crippen molar-refractivity contribution in [3.05, 3.63) is 35.9 Å². The van der Waals surface area contributed by atoms with E-state index in [0.29, 0.717) is 6.54 Å². The molecule has 0 spiro atoms. The maximum atomic E-state index is 12.5. The second-order valence-electron chi connectivity index (χ2n) is 7.73. The van der Waals surface area contributed by atoms with Gasteiger partial charge in [-0.05, 0) is 52.5 Å². The fraction of sp³-hybridized carbons (Fsp3) is 0.600. The molecule has 0 aliphatic carbocycles. The van der Waals surface area contributed by atoms with Crippen LogP contribution < -0.4 is 5.32 Å². The summed E-state index contributed by atoms with van der Waals surface area (Å²) in [6.07, 6.45) is 2.00. The number of likely N-dealkylation sites (tertiary alicyclic amines) is 1. The van der Waals surface area contributed by atoms with Crippen molar-refractivity contribution in [2.24, 2.45) is 0 Å². The molecule has 1 N–H and O–H groups in total. The van der Waals surface area contributed by atoms with Gasteiger partial charge in [-0.3, -0.25) is 0 Å². The van der Waals surface area contributed by atoms with Gasteiger partial charge < -0.3 is 19.7 Å². The molecule has 2 amide bonds. The number of carbonyl (C=O) groups is 2. The first-order valence-corrected chi connectivity index (χ1v) is 9.23. The minimum Gasteiger partial charge on any atom is -0.445 e. The number of carbonyl (C=O) groups excluding carboxylic acids is 2. The maximum absolute atomic E-state index is 12.5. The summed E-state index contributed by atoms with van der Waals surface area (Å²) in [5, 5.41) is 2.86. The predicted octanol–water partition coefficient (Wildman–Crippen LogP) is 4.09. The molecule has 0 saturated carbocycles. The Balaban J connectivity index is 1.89. The van der Waals surface area contributed by atoms with Crippen LogP contribution in [-0.4, -0.2) is 41.3 Å². The molecule has 1 saturated heterocycles. The highest BCUT2D eigenvalue weighted by atomic mass is 16.6. The Bertz CT molecular complexity index is 598. The quantitative estimate of drug-likeness (QED) is 0.876. The predicted molar refractivity (Wildman–Crippen MR) is 99.8 cm³/mol. The number of nitrogens with zero attached hydrogens (tertiary/aromatic N) is 1. The SMILES string of the molecule is C[C@@H](NC(=O)OCc1ccccc1)[C@@H]1CCCCN1C(=O)OC(C)(C)C. The number of amides is 2. The van der Waals surface area contributed by atoms with Crippen LogP contribution in [0.4, 0.5) is 9.59 Å². The van der Waals surface area contributed by atoms with Gasteiger partial charge in [-0.2, -0.15) is 0 Å². The molecule has 2 rings (SSSR count). The molecular weight excluding hydrogens is 332 g/mol. The highest BCUT2D eigenvalue weighted by molar-refractivity contribution is 5.70. The molecule has 0 unspecified atom stereocenters. The zero-order valence-corrected chi connectivity index (χ0v) is 16.2. The lowest BCUT2D eigenvalue weighted by Crippen LogP contribution is -2.55. The largest absolute Gasteiger partial charge is 0.445 e. The zero-order valence-electron chi connectivity index (χ0n) is 16.2. The first-order valence-electron chi connectivity index (χ1n) is 9.23. The Hall–Kier alpha value is -2.24. The summed E-state index contributed by atoms with van der Waals surface area (Å²) in [4.78, 5) is 26.3. The number of rotatable bonds is 4. The molecule has 1 aliphatic heterocycles. The van der Waals surface area contributed by atoms with Gasteiger partial charge in [0, 0.05) is 12.6 Å². The zero-order chi connectivity index (χ0) is 19.2. The normalized spacial score (nSPS) is 18.8. The van der Waals surface area contributed by atoms with E-state index in [9.17, 15) is 9.59 Å². The summed E-state index contributed by atoms with van der Waals surface area (Å²) >= 11 is 0. The van der Waals surface area contributed by atoms with E-state index in [4.69, 9.17) is 9.47 Å². The number of ether oxygens (including phenoxy) is 2. The van der Waals surface area contributed by atoms with Crippen molar-refractivity contribution >= 4 is 12.2 Å². The van der Waals surface area contributed by atoms with E-state index in [-0.39, 0.29) is 24.8 Å². The summed E-state index contributed by atoms with van der Waals surface area (Å²) < 4.78 is 10.8. The Morgan fingerprint density at radius 2 is 1.92 bits per heavy atom. The monoisotopic (exact) mass is 362 g/mol. The lowest BCUT2D eigenvalue weighted by atomic mass is 9.97. The van der Waals surface area contributed by atoms with Crippen LogP contribution in [0.2, 0.25) is 0 Å². The van der Waals surface area contributed by atoms with Crippen molar-refractivity contribution in [1.82, 2.24) is 10.2 Å². The third kappa shape index (κ3) is 6.24. The van der Waals surface area contributed by atoms with E-state index >= 15 is 0 Å². The molecule has 26 heavy (non-hydrogen) atoms. The van der Waals surface area contributed by atoms with Crippen molar-refractivity contribution < 1.29 is 19.1 Å². The molecule has 0 aromatic heterocycles. The van der Waals surface area contributed by atoms with Gasteiger partial charge in [-0.1, -0.05) is 30.3 Å². The van der Waals surface area contributed by atoms with Crippen LogP contribution in [0, 0.1) is 0 Å². The molecule has 144 valence electrons. The van der Waals surface area contributed by atoms with Crippen LogP contribution >= 0.6 is 0 Å². The summed E-state index contributed by atoms with van der Waals surface area (Å²) in [7, 11) is 0. The highest BCUT2D eigenvalue weighted by Gasteiger charge is 2.34. The summed E-state index contributed by atoms with van der Waals surface area (Å²) in [6.45, 7) is 8.33. The van der Waals surface area contributed by atoms with Crippen LogP contribution in [-0.2, 0) is 16.1 Å². The molecule has 1 aromatic rings. The summed E-state index contributed by atoms with van der Waals surface area (Å²) in [6, 6.07) is 9.22. The van der Waals surface area contributed by atoms with Gasteiger partial charge >= 0.3 is 12.2 Å². The van der Waals surface area contributed by atoms with Gasteiger partial charge in [0.15, 0.2) is 0 Å². The van der Waals surface area contributed by atoms with E-state index in [0.717, 1.165) is 24.8 Å². The number of hydrogen-bond donors (Lipinski definition) is 1. The minimum absolute atomic E-state index is 0.0946. The minimum atomic E-state index is -0.537. The van der Waals surface area contributed by atoms with E-state index in [2.05, 4.69) is 5.32 Å². The van der Waals surface area contributed by atoms with Crippen molar-refractivity contribution in [1.29, 1.82) is 0 Å². The smallest absolute Gasteiger partial charge is 0.410 e. The number of nitrogens with one attached hydrogen (secondary N) is 1. The van der Waals surface area contributed by atoms with Crippen LogP contribution in [0.25, 0.3) is 0 Å². The lowest BCUT2D eigenvalue weighted by molar-refractivity contribution is 0.00528. The Morgan fingerprint density at radius 3 is 2.58 bits per heavy atom. The molecule has 1 aromatic carbocycles. The third-order valence-electron chi connectivity index (χ3n) is 4.31. The fourth-order valence-electron chi connectivity index (χ4n) is 3.07. The van der Waals surface area contributed by atoms with Crippen molar-refractivity contribution in [2.45, 2.75) is 71.2 Å². The molecule has 0 bridgehead atoms. The second-order valence-corrected chi connectivity index (χ2v) is 7.73. The average Bonchev–Trinajstić information content (AvgIpc) is 2.59. The molecule has 1 heterocycles. The van der Waals surface area contributed by atoms with Gasteiger partial charge in [0.2, 0.25) is 0 Å². The fourth-order valence-corrected chi connectivity index (χ4v) is 3.07. The van der Waals surface area contributed by atoms with Crippen LogP contribution in [0.5, 0.6) is 0 Å². The number of alkyl carbamates (subject to hydrolysis) is 1. The van der Waals surface area contributed by atoms with Crippen LogP contribution in [0.1, 0.15) is 52.5 Å². The average molecular weight is 362 g/mol. The molecule has 1 aliphatic rings. The first kappa shape index (κ1) is 20.1. The summed E-state index contributed by atoms with van der Waals surface area (Å²) in [5.74, 6) is 0. The van der Waals surface area contributed by atoms with Gasteiger partial charge in [0.05, 0.1) is 6.04 Å². The van der Waals surface area contributed by atoms with Gasteiger partial charge in [0.25, 0.3) is 0 Å². The topological polar surface area (TPSA) is 67.9 Å². The maximum Gasteiger partial charge on any atom is 0.410 e. The van der Waals surface area contributed by atoms with E-state index in [1.54, 1.807) is 4.90 Å². The van der Waals surface area contributed by atoms with Gasteiger partial charge in [-0.15, -0.1) is 0 Å². The Labute approximate surface area is 155 Å². The third-order valence-corrected chi connectivity index (χ3v) is 4.31. The number of piperidine rings is 1. The standard InChI is InChI=1S/C20H30N2O4/c1-15(21-18(23)25-14-16-10-6-5-7-11-16)17-12-8-9-13-22(17)19(24)26-20(2,3)4/h5-7,10-11,15,17H,8-9,12-14H2,1-4H3,(H,21,23)/t15-,17+/m1/s1. The highest BCUT2D eigenvalue weighted by Crippen LogP contribution is 2.22. The Morgan fingerprint density at radius 1 is 1.23 bits per heavy atom. The second kappa shape index (κ2) is 8.92. The number of hydrogen-bond acceptors (Lipinski definition) is 4. The van der Waals surface area contributed by atoms with E-state index in [1.807, 2.05) is 58.0 Å². The lowest BCUT2D eigenvalue weighted by Gasteiger charge is -2.39. The van der Waals surface area contributed by atoms with E-state index in [1.165, 1.54) is 0 Å². The van der Waals surface area contributed by atoms with E-state index < -0.39 is 11.7 Å². The molecular formula is C20H30N2O4. The molecule has 6 nitrogen and oxygen atoms in total. The molecule has 0 radical (unpaired) electrons. The van der Waals surface area contributed by atoms with Crippen molar-refractivity contribution in [3.8, 4) is 0 Å². The van der Waals surface area contributed by atoms with Gasteiger partial charge in [-0.25, -0.2) is 9.59 Å². The summed E-state index contributed by atoms with van der Waals surface area (Å²) in [5.41, 5.74) is 0.396. The van der Waals surface area contributed by atoms with Crippen LogP contribution in [0.15, 0.2) is 30.3 Å². The van der Waals surface area contributed by atoms with Crippen LogP contribution in [0.3, 0.4) is 0 Å². The molecule has 6 heteroatoms. The molecule has 2 atom stereocenters. The van der Waals surface area contributed by atoms with Crippen molar-refractivity contribution in [3.63, 3.8) is 0 Å². The Kier molecular flexibility index (Phi) is 6.89.